The van der Waals surface area contributed by atoms with Gasteiger partial charge in [0.2, 0.25) is 11.3 Å². The third-order valence-electron chi connectivity index (χ3n) is 8.32. The number of fused-ring (bicyclic) bond motifs is 2. The van der Waals surface area contributed by atoms with E-state index in [0.717, 1.165) is 41.5 Å². The summed E-state index contributed by atoms with van der Waals surface area (Å²) in [5, 5.41) is 2.75. The Labute approximate surface area is 252 Å². The van der Waals surface area contributed by atoms with E-state index in [2.05, 4.69) is 16.4 Å². The van der Waals surface area contributed by atoms with Crippen LogP contribution >= 0.6 is 0 Å². The molecule has 10 heteroatoms. The molecule has 2 unspecified atom stereocenters. The molecular formula is C34H31F2N5O3. The highest BCUT2D eigenvalue weighted by molar-refractivity contribution is 6.04. The van der Waals surface area contributed by atoms with Crippen LogP contribution in [0.25, 0.3) is 27.8 Å². The molecule has 8 nitrogen and oxygen atoms in total. The number of hydrogen-bond donors (Lipinski definition) is 2. The molecule has 0 aliphatic carbocycles. The minimum atomic E-state index is -0.692. The van der Waals surface area contributed by atoms with E-state index in [4.69, 9.17) is 5.73 Å². The molecule has 3 N–H and O–H groups in total. The molecule has 4 heterocycles. The van der Waals surface area contributed by atoms with Crippen LogP contribution in [0.3, 0.4) is 0 Å². The van der Waals surface area contributed by atoms with Crippen molar-refractivity contribution < 1.29 is 18.4 Å². The normalized spacial score (nSPS) is 17.3. The number of alkyl halides is 1. The highest BCUT2D eigenvalue weighted by atomic mass is 19.1. The summed E-state index contributed by atoms with van der Waals surface area (Å²) >= 11 is 0. The number of carbonyl (C=O) groups is 2. The number of hydrogen-bond acceptors (Lipinski definition) is 5. The van der Waals surface area contributed by atoms with Gasteiger partial charge in [-0.15, -0.1) is 0 Å². The molecule has 0 spiro atoms. The van der Waals surface area contributed by atoms with Crippen LogP contribution < -0.4 is 16.5 Å². The maximum Gasteiger partial charge on any atom is 0.261 e. The molecule has 4 aromatic rings. The molecule has 2 aliphatic heterocycles. The first-order chi connectivity index (χ1) is 21.2. The number of benzene rings is 2. The number of anilines is 2. The van der Waals surface area contributed by atoms with E-state index in [1.54, 1.807) is 37.4 Å². The number of pyridine rings is 2. The van der Waals surface area contributed by atoms with Gasteiger partial charge in [-0.25, -0.2) is 13.8 Å². The number of rotatable bonds is 7. The van der Waals surface area contributed by atoms with Crippen molar-refractivity contribution in [3.8, 4) is 22.3 Å². The standard InChI is InChI=1S/C34H31F2N5O3/c1-20(42)41-27-10-11-28(41)15-23(14-27)24-16-29(33(37)38-17-24)21-4-8-26(9-5-21)39-34(44)31-19-40(13-12-35)18-30(32(31)43)22-2-6-25(36)7-3-22/h2-9,14,16-19,27-28H,10-13,15H2,1H3,(H2,37,38)(H,39,44). The molecule has 2 aromatic carbocycles. The Morgan fingerprint density at radius 2 is 1.70 bits per heavy atom. The van der Waals surface area contributed by atoms with Gasteiger partial charge in [-0.05, 0) is 71.9 Å². The molecule has 1 saturated heterocycles. The Morgan fingerprint density at radius 3 is 2.39 bits per heavy atom. The first-order valence-electron chi connectivity index (χ1n) is 14.4. The number of nitrogens with two attached hydrogens (primary N) is 1. The van der Waals surface area contributed by atoms with Crippen molar-refractivity contribution in [3.63, 3.8) is 0 Å². The molecule has 1 fully saturated rings. The van der Waals surface area contributed by atoms with Gasteiger partial charge in [-0.2, -0.15) is 0 Å². The Balaban J connectivity index is 1.24. The van der Waals surface area contributed by atoms with Gasteiger partial charge in [0.1, 0.15) is 23.9 Å². The smallest absolute Gasteiger partial charge is 0.261 e. The van der Waals surface area contributed by atoms with Crippen molar-refractivity contribution in [2.45, 2.75) is 44.8 Å². The summed E-state index contributed by atoms with van der Waals surface area (Å²) in [6.07, 6.45) is 9.40. The van der Waals surface area contributed by atoms with Gasteiger partial charge in [0, 0.05) is 48.4 Å². The number of aryl methyl sites for hydroxylation is 1. The third-order valence-corrected chi connectivity index (χ3v) is 8.32. The van der Waals surface area contributed by atoms with Crippen molar-refractivity contribution >= 4 is 28.9 Å². The zero-order valence-corrected chi connectivity index (χ0v) is 24.1. The van der Waals surface area contributed by atoms with Crippen LogP contribution in [-0.4, -0.2) is 45.0 Å². The molecule has 224 valence electrons. The quantitative estimate of drug-likeness (QED) is 0.285. The van der Waals surface area contributed by atoms with E-state index in [0.29, 0.717) is 17.1 Å². The average molecular weight is 596 g/mol. The molecule has 2 aromatic heterocycles. The lowest BCUT2D eigenvalue weighted by atomic mass is 9.93. The van der Waals surface area contributed by atoms with Crippen LogP contribution in [-0.2, 0) is 11.3 Å². The number of nitrogens with one attached hydrogen (secondary N) is 1. The van der Waals surface area contributed by atoms with E-state index in [1.807, 2.05) is 11.0 Å². The van der Waals surface area contributed by atoms with Gasteiger partial charge in [0.05, 0.1) is 12.6 Å². The first kappa shape index (κ1) is 29.0. The fraction of sp³-hybridized carbons (Fsp3) is 0.235. The van der Waals surface area contributed by atoms with Crippen molar-refractivity contribution in [1.29, 1.82) is 0 Å². The average Bonchev–Trinajstić information content (AvgIpc) is 3.29. The highest BCUT2D eigenvalue weighted by Gasteiger charge is 2.38. The van der Waals surface area contributed by atoms with Crippen molar-refractivity contribution in [2.24, 2.45) is 0 Å². The van der Waals surface area contributed by atoms with Gasteiger partial charge >= 0.3 is 0 Å². The lowest BCUT2D eigenvalue weighted by Crippen LogP contribution is -2.41. The lowest BCUT2D eigenvalue weighted by Gasteiger charge is -2.33. The summed E-state index contributed by atoms with van der Waals surface area (Å²) in [5.74, 6) is -0.650. The maximum atomic E-state index is 13.5. The van der Waals surface area contributed by atoms with E-state index in [1.165, 1.54) is 41.2 Å². The second-order valence-corrected chi connectivity index (χ2v) is 11.2. The van der Waals surface area contributed by atoms with Crippen LogP contribution in [0, 0.1) is 5.82 Å². The summed E-state index contributed by atoms with van der Waals surface area (Å²) < 4.78 is 28.1. The number of amides is 2. The van der Waals surface area contributed by atoms with Gasteiger partial charge < -0.3 is 20.5 Å². The zero-order valence-electron chi connectivity index (χ0n) is 24.1. The van der Waals surface area contributed by atoms with Crippen LogP contribution in [0.5, 0.6) is 0 Å². The molecule has 6 rings (SSSR count). The lowest BCUT2D eigenvalue weighted by molar-refractivity contribution is -0.131. The molecule has 2 atom stereocenters. The Hall–Kier alpha value is -5.12. The minimum Gasteiger partial charge on any atom is -0.383 e. The van der Waals surface area contributed by atoms with E-state index in [9.17, 15) is 23.2 Å². The summed E-state index contributed by atoms with van der Waals surface area (Å²) in [6, 6.07) is 14.6. The van der Waals surface area contributed by atoms with Crippen LogP contribution in [0.15, 0.2) is 84.1 Å². The molecule has 0 radical (unpaired) electrons. The second kappa shape index (κ2) is 11.9. The molecule has 2 amide bonds. The molecular weight excluding hydrogens is 564 g/mol. The van der Waals surface area contributed by atoms with Crippen molar-refractivity contribution in [1.82, 2.24) is 14.5 Å². The highest BCUT2D eigenvalue weighted by Crippen LogP contribution is 2.39. The zero-order chi connectivity index (χ0) is 31.0. The number of aromatic nitrogens is 2. The number of nitrogen functional groups attached to an aromatic ring is 1. The SMILES string of the molecule is CC(=O)N1C2C=C(c3cnc(N)c(-c4ccc(NC(=O)c5cn(CCF)cc(-c6ccc(F)cc6)c5=O)cc4)c3)CC1CC2. The predicted molar refractivity (Wildman–Crippen MR) is 166 cm³/mol. The summed E-state index contributed by atoms with van der Waals surface area (Å²) in [7, 11) is 0. The largest absolute Gasteiger partial charge is 0.383 e. The maximum absolute atomic E-state index is 13.5. The molecule has 2 aliphatic rings. The van der Waals surface area contributed by atoms with E-state index >= 15 is 0 Å². The fourth-order valence-electron chi connectivity index (χ4n) is 6.20. The molecule has 2 bridgehead atoms. The Kier molecular flexibility index (Phi) is 7.82. The predicted octanol–water partition coefficient (Wildman–Crippen LogP) is 5.69. The Bertz CT molecular complexity index is 1830. The number of nitrogens with zero attached hydrogens (tertiary/aromatic N) is 3. The van der Waals surface area contributed by atoms with Crippen LogP contribution in [0.2, 0.25) is 0 Å². The molecule has 44 heavy (non-hydrogen) atoms. The topological polar surface area (TPSA) is 110 Å². The van der Waals surface area contributed by atoms with Crippen LogP contribution in [0.1, 0.15) is 42.1 Å². The number of halogens is 2. The fourth-order valence-corrected chi connectivity index (χ4v) is 6.20. The van der Waals surface area contributed by atoms with Crippen molar-refractivity contribution in [3.05, 3.63) is 106 Å². The monoisotopic (exact) mass is 595 g/mol. The van der Waals surface area contributed by atoms with E-state index < -0.39 is 23.8 Å². The van der Waals surface area contributed by atoms with Crippen molar-refractivity contribution in [2.75, 3.05) is 17.7 Å². The first-order valence-corrected chi connectivity index (χ1v) is 14.4. The summed E-state index contributed by atoms with van der Waals surface area (Å²) in [4.78, 5) is 45.0. The second-order valence-electron chi connectivity index (χ2n) is 11.2. The van der Waals surface area contributed by atoms with Crippen LogP contribution in [0.4, 0.5) is 20.3 Å². The number of carbonyl (C=O) groups excluding carboxylic acids is 2. The van der Waals surface area contributed by atoms with Gasteiger partial charge in [-0.1, -0.05) is 30.3 Å². The summed E-state index contributed by atoms with van der Waals surface area (Å²) in [5.41, 5.74) is 10.2. The van der Waals surface area contributed by atoms with E-state index in [-0.39, 0.29) is 35.7 Å². The molecule has 0 saturated carbocycles. The van der Waals surface area contributed by atoms with Gasteiger partial charge in [0.25, 0.3) is 5.91 Å². The Morgan fingerprint density at radius 1 is 1.00 bits per heavy atom. The summed E-state index contributed by atoms with van der Waals surface area (Å²) in [6.45, 7) is 0.876. The van der Waals surface area contributed by atoms with Gasteiger partial charge in [0.15, 0.2) is 0 Å². The minimum absolute atomic E-state index is 0.0504. The van der Waals surface area contributed by atoms with Gasteiger partial charge in [-0.3, -0.25) is 14.4 Å². The third kappa shape index (κ3) is 5.62.